The molecule has 5 nitrogen and oxygen atoms in total. The number of anilines is 1. The quantitative estimate of drug-likeness (QED) is 0.812. The van der Waals surface area contributed by atoms with Crippen molar-refractivity contribution in [2.24, 2.45) is 34.6 Å². The van der Waals surface area contributed by atoms with Crippen molar-refractivity contribution in [3.63, 3.8) is 0 Å². The lowest BCUT2D eigenvalue weighted by Crippen LogP contribution is -2.62. The van der Waals surface area contributed by atoms with Crippen molar-refractivity contribution in [3.05, 3.63) is 24.5 Å². The predicted molar refractivity (Wildman–Crippen MR) is 113 cm³/mol. The zero-order valence-corrected chi connectivity index (χ0v) is 17.8. The molecule has 5 heteroatoms. The van der Waals surface area contributed by atoms with Crippen molar-refractivity contribution in [2.45, 2.75) is 65.1 Å². The second-order valence-corrected chi connectivity index (χ2v) is 9.90. The number of hydrogen-bond acceptors (Lipinski definition) is 4. The molecule has 3 aliphatic heterocycles. The van der Waals surface area contributed by atoms with Gasteiger partial charge in [0, 0.05) is 42.9 Å². The number of aromatic nitrogens is 1. The van der Waals surface area contributed by atoms with Crippen molar-refractivity contribution in [1.82, 2.24) is 9.88 Å². The first-order valence-electron chi connectivity index (χ1n) is 10.9. The predicted octanol–water partition coefficient (Wildman–Crippen LogP) is 3.87. The summed E-state index contributed by atoms with van der Waals surface area (Å²) in [6, 6.07) is 4.69. The molecule has 152 valence electrons. The van der Waals surface area contributed by atoms with Gasteiger partial charge >= 0.3 is 0 Å². The number of carbonyl (C=O) groups excluding carboxylic acids is 1. The molecule has 4 heterocycles. The van der Waals surface area contributed by atoms with E-state index >= 15 is 0 Å². The summed E-state index contributed by atoms with van der Waals surface area (Å²) in [4.78, 5) is 25.4. The van der Waals surface area contributed by atoms with Gasteiger partial charge in [0.05, 0.1) is 11.9 Å². The van der Waals surface area contributed by atoms with E-state index in [2.05, 4.69) is 56.0 Å². The Bertz CT molecular complexity index is 746. The topological polar surface area (TPSA) is 57.6 Å². The zero-order chi connectivity index (χ0) is 20.1. The summed E-state index contributed by atoms with van der Waals surface area (Å²) in [5.41, 5.74) is 0.108. The number of pyridine rings is 1. The summed E-state index contributed by atoms with van der Waals surface area (Å²) in [5, 5.41) is 3.14. The Hall–Kier alpha value is -1.75. The average Bonchev–Trinajstić information content (AvgIpc) is 2.87. The van der Waals surface area contributed by atoms with E-state index in [9.17, 15) is 4.79 Å². The normalized spacial score (nSPS) is 36.5. The molecule has 6 unspecified atom stereocenters. The maximum Gasteiger partial charge on any atom is 0.252 e. The summed E-state index contributed by atoms with van der Waals surface area (Å²) in [5.74, 6) is 2.48. The Kier molecular flexibility index (Phi) is 5.07. The van der Waals surface area contributed by atoms with Crippen LogP contribution in [0.1, 0.15) is 47.5 Å². The van der Waals surface area contributed by atoms with Gasteiger partial charge in [-0.05, 0) is 49.7 Å². The smallest absolute Gasteiger partial charge is 0.252 e. The van der Waals surface area contributed by atoms with Gasteiger partial charge in [-0.15, -0.1) is 0 Å². The van der Waals surface area contributed by atoms with E-state index in [4.69, 9.17) is 4.99 Å². The van der Waals surface area contributed by atoms with Crippen LogP contribution in [0.4, 0.5) is 5.69 Å². The van der Waals surface area contributed by atoms with Crippen molar-refractivity contribution in [3.8, 4) is 0 Å². The van der Waals surface area contributed by atoms with Gasteiger partial charge in [0.25, 0.3) is 5.91 Å². The molecule has 6 atom stereocenters. The van der Waals surface area contributed by atoms with Gasteiger partial charge in [-0.3, -0.25) is 19.7 Å². The Balaban J connectivity index is 1.71. The van der Waals surface area contributed by atoms with Crippen LogP contribution in [-0.4, -0.2) is 46.2 Å². The number of hydrogen-bond donors (Lipinski definition) is 1. The molecule has 28 heavy (non-hydrogen) atoms. The highest BCUT2D eigenvalue weighted by Crippen LogP contribution is 2.57. The van der Waals surface area contributed by atoms with Gasteiger partial charge in [0.15, 0.2) is 0 Å². The SMILES string of the molecule is CC(C)CC1C2C3C=NC1(C(=O)Nc1cccnc1)CC3C(C)N2CC(C)C. The summed E-state index contributed by atoms with van der Waals surface area (Å²) >= 11 is 0. The Morgan fingerprint density at radius 1 is 1.32 bits per heavy atom. The molecule has 1 amide bonds. The van der Waals surface area contributed by atoms with Gasteiger partial charge < -0.3 is 5.32 Å². The van der Waals surface area contributed by atoms with Crippen LogP contribution in [0.15, 0.2) is 29.5 Å². The third-order valence-corrected chi connectivity index (χ3v) is 7.08. The molecule has 1 aliphatic carbocycles. The molecule has 4 bridgehead atoms. The second-order valence-electron chi connectivity index (χ2n) is 9.90. The second kappa shape index (κ2) is 7.25. The van der Waals surface area contributed by atoms with Crippen molar-refractivity contribution < 1.29 is 4.79 Å². The zero-order valence-electron chi connectivity index (χ0n) is 17.8. The first kappa shape index (κ1) is 19.6. The molecular weight excluding hydrogens is 348 g/mol. The van der Waals surface area contributed by atoms with E-state index in [-0.39, 0.29) is 11.8 Å². The lowest BCUT2D eigenvalue weighted by Gasteiger charge is -2.51. The van der Waals surface area contributed by atoms with Gasteiger partial charge in [0.1, 0.15) is 5.54 Å². The minimum absolute atomic E-state index is 0.0501. The maximum atomic E-state index is 13.6. The van der Waals surface area contributed by atoms with Crippen LogP contribution in [-0.2, 0) is 4.79 Å². The molecule has 0 spiro atoms. The molecule has 1 aromatic heterocycles. The van der Waals surface area contributed by atoms with Crippen LogP contribution in [0.3, 0.4) is 0 Å². The Labute approximate surface area is 169 Å². The average molecular weight is 383 g/mol. The largest absolute Gasteiger partial charge is 0.323 e. The van der Waals surface area contributed by atoms with Gasteiger partial charge in [0.2, 0.25) is 0 Å². The number of amides is 1. The van der Waals surface area contributed by atoms with Crippen LogP contribution >= 0.6 is 0 Å². The minimum atomic E-state index is -0.649. The van der Waals surface area contributed by atoms with Crippen LogP contribution in [0.25, 0.3) is 0 Å². The molecule has 0 radical (unpaired) electrons. The van der Waals surface area contributed by atoms with Crippen molar-refractivity contribution in [2.75, 3.05) is 11.9 Å². The third kappa shape index (κ3) is 3.08. The van der Waals surface area contributed by atoms with Crippen LogP contribution in [0.5, 0.6) is 0 Å². The van der Waals surface area contributed by atoms with E-state index < -0.39 is 5.54 Å². The van der Waals surface area contributed by atoms with Gasteiger partial charge in [-0.25, -0.2) is 0 Å². The summed E-state index contributed by atoms with van der Waals surface area (Å²) in [7, 11) is 0. The lowest BCUT2D eigenvalue weighted by molar-refractivity contribution is -0.127. The monoisotopic (exact) mass is 382 g/mol. The number of rotatable bonds is 6. The number of aliphatic imine (C=N–C) groups is 1. The van der Waals surface area contributed by atoms with Crippen LogP contribution in [0, 0.1) is 29.6 Å². The molecule has 2 fully saturated rings. The van der Waals surface area contributed by atoms with Crippen molar-refractivity contribution in [1.29, 1.82) is 0 Å². The Morgan fingerprint density at radius 2 is 2.11 bits per heavy atom. The highest BCUT2D eigenvalue weighted by Gasteiger charge is 2.65. The first-order valence-corrected chi connectivity index (χ1v) is 10.9. The third-order valence-electron chi connectivity index (χ3n) is 7.08. The van der Waals surface area contributed by atoms with Gasteiger partial charge in [-0.2, -0.15) is 0 Å². The van der Waals surface area contributed by atoms with E-state index in [0.29, 0.717) is 35.8 Å². The fraction of sp³-hybridized carbons (Fsp3) is 0.696. The van der Waals surface area contributed by atoms with Crippen LogP contribution < -0.4 is 5.32 Å². The Morgan fingerprint density at radius 3 is 2.75 bits per heavy atom. The summed E-state index contributed by atoms with van der Waals surface area (Å²) in [6.45, 7) is 12.6. The fourth-order valence-electron chi connectivity index (χ4n) is 6.03. The molecule has 1 saturated heterocycles. The minimum Gasteiger partial charge on any atom is -0.323 e. The highest BCUT2D eigenvalue weighted by molar-refractivity contribution is 6.00. The number of nitrogens with one attached hydrogen (secondary N) is 1. The van der Waals surface area contributed by atoms with Crippen molar-refractivity contribution >= 4 is 17.8 Å². The molecule has 4 aliphatic rings. The standard InChI is InChI=1S/C23H34N4O/c1-14(2)9-20-21-19-12-25-23(20,22(28)26-17-7-6-8-24-11-17)10-18(19)16(5)27(21)13-15(3)4/h6-8,11-12,14-16,18-21H,9-10,13H2,1-5H3,(H,26,28). The van der Waals surface area contributed by atoms with E-state index in [1.165, 1.54) is 0 Å². The molecule has 1 N–H and O–H groups in total. The number of likely N-dealkylation sites (tertiary alicyclic amines) is 1. The molecule has 1 saturated carbocycles. The summed E-state index contributed by atoms with van der Waals surface area (Å²) in [6.07, 6.45) is 7.48. The molecular formula is C23H34N4O. The first-order chi connectivity index (χ1) is 13.3. The van der Waals surface area contributed by atoms with E-state index in [1.807, 2.05) is 12.1 Å². The lowest BCUT2D eigenvalue weighted by atomic mass is 9.58. The number of carbonyl (C=O) groups is 1. The van der Waals surface area contributed by atoms with Gasteiger partial charge in [-0.1, -0.05) is 27.7 Å². The van der Waals surface area contributed by atoms with E-state index in [1.54, 1.807) is 12.4 Å². The fourth-order valence-corrected chi connectivity index (χ4v) is 6.03. The maximum absolute atomic E-state index is 13.6. The van der Waals surface area contributed by atoms with E-state index in [0.717, 1.165) is 25.1 Å². The summed E-state index contributed by atoms with van der Waals surface area (Å²) < 4.78 is 0. The number of nitrogens with zero attached hydrogens (tertiary/aromatic N) is 3. The molecule has 1 aromatic rings. The molecule has 5 rings (SSSR count). The highest BCUT2D eigenvalue weighted by atomic mass is 16.2. The van der Waals surface area contributed by atoms with Crippen LogP contribution in [0.2, 0.25) is 0 Å². The molecule has 0 aromatic carbocycles.